The average Bonchev–Trinajstić information content (AvgIpc) is 3.09. The van der Waals surface area contributed by atoms with Gasteiger partial charge in [-0.05, 0) is 38.4 Å². The van der Waals surface area contributed by atoms with Crippen molar-refractivity contribution in [3.63, 3.8) is 0 Å². The van der Waals surface area contributed by atoms with Gasteiger partial charge in [-0.25, -0.2) is 0 Å². The zero-order valence-corrected chi connectivity index (χ0v) is 12.3. The van der Waals surface area contributed by atoms with E-state index in [1.807, 2.05) is 19.1 Å². The Morgan fingerprint density at radius 2 is 2.33 bits per heavy atom. The molecule has 0 radical (unpaired) electrons. The molecule has 0 aliphatic carbocycles. The second-order valence-corrected chi connectivity index (χ2v) is 5.91. The first-order chi connectivity index (χ1) is 10.2. The monoisotopic (exact) mass is 291 g/mol. The molecule has 1 spiro atoms. The highest BCUT2D eigenvalue weighted by Gasteiger charge is 2.42. The Hall–Kier alpha value is -1.82. The summed E-state index contributed by atoms with van der Waals surface area (Å²) >= 11 is 0. The van der Waals surface area contributed by atoms with Gasteiger partial charge in [-0.1, -0.05) is 6.07 Å². The van der Waals surface area contributed by atoms with Crippen LogP contribution in [0.5, 0.6) is 5.75 Å². The predicted molar refractivity (Wildman–Crippen MR) is 81.0 cm³/mol. The SMILES string of the molecule is CCOc1cccc(N2CCC3(CCNC3)C2)c1[N+](=O)[O-]. The van der Waals surface area contributed by atoms with Crippen molar-refractivity contribution in [2.75, 3.05) is 37.7 Å². The van der Waals surface area contributed by atoms with E-state index < -0.39 is 0 Å². The maximum atomic E-state index is 11.5. The quantitative estimate of drug-likeness (QED) is 0.680. The molecule has 0 amide bonds. The van der Waals surface area contributed by atoms with Gasteiger partial charge in [-0.3, -0.25) is 10.1 Å². The molecule has 1 aromatic carbocycles. The van der Waals surface area contributed by atoms with Gasteiger partial charge in [-0.2, -0.15) is 0 Å². The van der Waals surface area contributed by atoms with Crippen LogP contribution in [0.15, 0.2) is 18.2 Å². The van der Waals surface area contributed by atoms with Crippen molar-refractivity contribution in [2.24, 2.45) is 5.41 Å². The number of nitrogens with one attached hydrogen (secondary N) is 1. The number of hydrogen-bond acceptors (Lipinski definition) is 5. The molecule has 6 heteroatoms. The minimum Gasteiger partial charge on any atom is -0.487 e. The summed E-state index contributed by atoms with van der Waals surface area (Å²) in [6.07, 6.45) is 2.25. The summed E-state index contributed by atoms with van der Waals surface area (Å²) in [7, 11) is 0. The fraction of sp³-hybridized carbons (Fsp3) is 0.600. The zero-order chi connectivity index (χ0) is 14.9. The van der Waals surface area contributed by atoms with Gasteiger partial charge in [0.25, 0.3) is 0 Å². The molecule has 114 valence electrons. The molecule has 1 N–H and O–H groups in total. The van der Waals surface area contributed by atoms with Crippen molar-refractivity contribution in [1.29, 1.82) is 0 Å². The lowest BCUT2D eigenvalue weighted by molar-refractivity contribution is -0.385. The summed E-state index contributed by atoms with van der Waals surface area (Å²) < 4.78 is 5.43. The number of hydrogen-bond donors (Lipinski definition) is 1. The number of anilines is 1. The van der Waals surface area contributed by atoms with E-state index in [2.05, 4.69) is 10.2 Å². The summed E-state index contributed by atoms with van der Waals surface area (Å²) in [6, 6.07) is 5.35. The van der Waals surface area contributed by atoms with Crippen LogP contribution in [0.25, 0.3) is 0 Å². The fourth-order valence-electron chi connectivity index (χ4n) is 3.51. The number of rotatable bonds is 4. The number of nitrogens with zero attached hydrogens (tertiary/aromatic N) is 2. The van der Waals surface area contributed by atoms with E-state index in [0.717, 1.165) is 39.0 Å². The Bertz CT molecular complexity index is 541. The first kappa shape index (κ1) is 14.1. The Morgan fingerprint density at radius 1 is 1.48 bits per heavy atom. The molecule has 2 saturated heterocycles. The highest BCUT2D eigenvalue weighted by atomic mass is 16.6. The summed E-state index contributed by atoms with van der Waals surface area (Å²) in [5, 5.41) is 14.9. The van der Waals surface area contributed by atoms with Crippen molar-refractivity contribution < 1.29 is 9.66 Å². The molecule has 3 rings (SSSR count). The number of nitro benzene ring substituents is 1. The van der Waals surface area contributed by atoms with Gasteiger partial charge in [0.1, 0.15) is 5.69 Å². The molecule has 2 aliphatic heterocycles. The smallest absolute Gasteiger partial charge is 0.333 e. The Balaban J connectivity index is 1.91. The third-order valence-electron chi connectivity index (χ3n) is 4.57. The standard InChI is InChI=1S/C15H21N3O3/c1-2-21-13-5-3-4-12(14(13)18(19)20)17-9-7-15(11-17)6-8-16-10-15/h3-5,16H,2,6-11H2,1H3. The molecular formula is C15H21N3O3. The molecule has 0 aromatic heterocycles. The maximum Gasteiger partial charge on any atom is 0.333 e. The minimum absolute atomic E-state index is 0.0994. The lowest BCUT2D eigenvalue weighted by atomic mass is 9.86. The number of ether oxygens (including phenoxy) is 1. The largest absolute Gasteiger partial charge is 0.487 e. The molecule has 1 atom stereocenters. The van der Waals surface area contributed by atoms with Crippen molar-refractivity contribution in [3.05, 3.63) is 28.3 Å². The van der Waals surface area contributed by atoms with E-state index in [4.69, 9.17) is 4.74 Å². The summed E-state index contributed by atoms with van der Waals surface area (Å²) in [5.74, 6) is 0.366. The van der Waals surface area contributed by atoms with Gasteiger partial charge in [0, 0.05) is 25.0 Å². The minimum atomic E-state index is -0.321. The van der Waals surface area contributed by atoms with Gasteiger partial charge in [0.15, 0.2) is 5.75 Å². The normalized spacial score (nSPS) is 24.7. The van der Waals surface area contributed by atoms with Crippen LogP contribution >= 0.6 is 0 Å². The second kappa shape index (κ2) is 5.52. The number of nitro groups is 1. The van der Waals surface area contributed by atoms with Crippen LogP contribution in [0, 0.1) is 15.5 Å². The third-order valence-corrected chi connectivity index (χ3v) is 4.57. The molecule has 21 heavy (non-hydrogen) atoms. The zero-order valence-electron chi connectivity index (χ0n) is 12.3. The van der Waals surface area contributed by atoms with E-state index in [0.29, 0.717) is 18.0 Å². The Labute approximate surface area is 124 Å². The summed E-state index contributed by atoms with van der Waals surface area (Å²) in [5.41, 5.74) is 1.08. The van der Waals surface area contributed by atoms with Gasteiger partial charge in [0.05, 0.1) is 11.5 Å². The van der Waals surface area contributed by atoms with Crippen molar-refractivity contribution in [1.82, 2.24) is 5.32 Å². The molecular weight excluding hydrogens is 270 g/mol. The molecule has 2 aliphatic rings. The van der Waals surface area contributed by atoms with E-state index in [1.165, 1.54) is 0 Å². The van der Waals surface area contributed by atoms with E-state index in [1.54, 1.807) is 6.07 Å². The van der Waals surface area contributed by atoms with Crippen LogP contribution < -0.4 is 15.0 Å². The highest BCUT2D eigenvalue weighted by molar-refractivity contribution is 5.70. The molecule has 0 saturated carbocycles. The number of para-hydroxylation sites is 1. The molecule has 2 heterocycles. The third kappa shape index (κ3) is 2.55. The summed E-state index contributed by atoms with van der Waals surface area (Å²) in [4.78, 5) is 13.3. The predicted octanol–water partition coefficient (Wildman–Crippen LogP) is 2.18. The van der Waals surface area contributed by atoms with Crippen molar-refractivity contribution in [2.45, 2.75) is 19.8 Å². The van der Waals surface area contributed by atoms with E-state index in [9.17, 15) is 10.1 Å². The van der Waals surface area contributed by atoms with E-state index >= 15 is 0 Å². The average molecular weight is 291 g/mol. The lowest BCUT2D eigenvalue weighted by Gasteiger charge is -2.24. The van der Waals surface area contributed by atoms with Crippen LogP contribution in [0.3, 0.4) is 0 Å². The fourth-order valence-corrected chi connectivity index (χ4v) is 3.51. The summed E-state index contributed by atoms with van der Waals surface area (Å²) in [6.45, 7) is 6.09. The lowest BCUT2D eigenvalue weighted by Crippen LogP contribution is -2.29. The van der Waals surface area contributed by atoms with Crippen LogP contribution in [-0.2, 0) is 0 Å². The molecule has 1 unspecified atom stereocenters. The van der Waals surface area contributed by atoms with Gasteiger partial charge in [-0.15, -0.1) is 0 Å². The van der Waals surface area contributed by atoms with Gasteiger partial charge >= 0.3 is 5.69 Å². The van der Waals surface area contributed by atoms with Crippen molar-refractivity contribution in [3.8, 4) is 5.75 Å². The Kier molecular flexibility index (Phi) is 3.71. The topological polar surface area (TPSA) is 67.6 Å². The number of benzene rings is 1. The maximum absolute atomic E-state index is 11.5. The second-order valence-electron chi connectivity index (χ2n) is 5.91. The first-order valence-electron chi connectivity index (χ1n) is 7.51. The van der Waals surface area contributed by atoms with Crippen LogP contribution in [0.1, 0.15) is 19.8 Å². The highest BCUT2D eigenvalue weighted by Crippen LogP contribution is 2.43. The Morgan fingerprint density at radius 3 is 3.00 bits per heavy atom. The molecule has 1 aromatic rings. The molecule has 0 bridgehead atoms. The van der Waals surface area contributed by atoms with Gasteiger partial charge in [0.2, 0.25) is 0 Å². The molecule has 6 nitrogen and oxygen atoms in total. The first-order valence-corrected chi connectivity index (χ1v) is 7.51. The van der Waals surface area contributed by atoms with Gasteiger partial charge < -0.3 is 15.0 Å². The van der Waals surface area contributed by atoms with Crippen molar-refractivity contribution >= 4 is 11.4 Å². The van der Waals surface area contributed by atoms with Crippen LogP contribution in [0.4, 0.5) is 11.4 Å². The van der Waals surface area contributed by atoms with Crippen LogP contribution in [0.2, 0.25) is 0 Å². The van der Waals surface area contributed by atoms with E-state index in [-0.39, 0.29) is 16.0 Å². The van der Waals surface area contributed by atoms with Crippen LogP contribution in [-0.4, -0.2) is 37.7 Å². The molecule has 2 fully saturated rings.